The van der Waals surface area contributed by atoms with E-state index in [2.05, 4.69) is 13.8 Å². The van der Waals surface area contributed by atoms with E-state index in [0.717, 1.165) is 19.3 Å². The molecular formula is C44H72O12. The predicted molar refractivity (Wildman–Crippen MR) is 208 cm³/mol. The van der Waals surface area contributed by atoms with Crippen molar-refractivity contribution in [2.45, 2.75) is 205 Å². The van der Waals surface area contributed by atoms with Crippen LogP contribution >= 0.6 is 0 Å². The normalized spacial score (nSPS) is 42.8. The summed E-state index contributed by atoms with van der Waals surface area (Å²) >= 11 is 0. The molecule has 0 aromatic carbocycles. The number of hydrogen-bond donors (Lipinski definition) is 2. The summed E-state index contributed by atoms with van der Waals surface area (Å²) in [6.45, 7) is 19.0. The first-order valence-electron chi connectivity index (χ1n) is 21.6. The van der Waals surface area contributed by atoms with Gasteiger partial charge in [0.2, 0.25) is 5.79 Å². The molecule has 0 unspecified atom stereocenters. The Bertz CT molecular complexity index is 1420. The minimum atomic E-state index is -1.37. The number of rotatable bonds is 13. The Labute approximate surface area is 335 Å². The lowest BCUT2D eigenvalue weighted by atomic mass is 9.73. The number of methoxy groups -OCH3 is 1. The lowest BCUT2D eigenvalue weighted by molar-refractivity contribution is -0.409. The molecule has 2 N–H and O–H groups in total. The highest BCUT2D eigenvalue weighted by Gasteiger charge is 2.64. The highest BCUT2D eigenvalue weighted by Crippen LogP contribution is 2.54. The quantitative estimate of drug-likeness (QED) is 0.152. The zero-order valence-electron chi connectivity index (χ0n) is 35.9. The first kappa shape index (κ1) is 45.2. The topological polar surface area (TPSA) is 156 Å². The van der Waals surface area contributed by atoms with Crippen molar-refractivity contribution in [2.24, 2.45) is 35.5 Å². The standard InChI is InChI=1S/C44H72O12/c1-12-31(40(48)50-11)34-17-15-16-33(53-34)27(6)37(46)28(7)38(47)32(13-2)39-25(4)24-26(5)43(54-39)21-19-36(52-30(9)45)44(56-43)23-22-41(10,55-44)35-18-20-42(49,14-3)29(8)51-35/h19,21,25-29,31-37,39,46,49H,12-18,20,22-24H2,1-11H3/t25-,26+,27+,28-,29-,31+,32-,33+,34+,35+,36-,37-,39-,41-,42+,43+,44-/m0/s1. The van der Waals surface area contributed by atoms with Crippen LogP contribution in [0.25, 0.3) is 0 Å². The highest BCUT2D eigenvalue weighted by atomic mass is 16.8. The third-order valence-electron chi connectivity index (χ3n) is 14.5. The Kier molecular flexibility index (Phi) is 14.3. The van der Waals surface area contributed by atoms with Gasteiger partial charge in [-0.1, -0.05) is 48.5 Å². The van der Waals surface area contributed by atoms with E-state index in [0.29, 0.717) is 51.4 Å². The van der Waals surface area contributed by atoms with Crippen molar-refractivity contribution in [3.8, 4) is 0 Å². The van der Waals surface area contributed by atoms with Crippen LogP contribution in [0.4, 0.5) is 0 Å². The minimum Gasteiger partial charge on any atom is -0.469 e. The van der Waals surface area contributed by atoms with Gasteiger partial charge in [-0.3, -0.25) is 14.4 Å². The predicted octanol–water partition coefficient (Wildman–Crippen LogP) is 6.60. The van der Waals surface area contributed by atoms with Crippen LogP contribution in [0, 0.1) is 35.5 Å². The molecular weight excluding hydrogens is 720 g/mol. The monoisotopic (exact) mass is 793 g/mol. The number of ether oxygens (including phenoxy) is 7. The summed E-state index contributed by atoms with van der Waals surface area (Å²) in [5, 5.41) is 22.8. The highest BCUT2D eigenvalue weighted by molar-refractivity contribution is 5.84. The molecule has 5 rings (SSSR count). The number of esters is 2. The first-order chi connectivity index (χ1) is 26.3. The summed E-state index contributed by atoms with van der Waals surface area (Å²) in [6.07, 6.45) is 6.95. The molecule has 4 saturated heterocycles. The van der Waals surface area contributed by atoms with Crippen LogP contribution in [-0.2, 0) is 47.5 Å². The largest absolute Gasteiger partial charge is 0.469 e. The second-order valence-electron chi connectivity index (χ2n) is 18.1. The molecule has 0 aliphatic carbocycles. The molecule has 5 aliphatic heterocycles. The molecule has 2 spiro atoms. The third kappa shape index (κ3) is 8.68. The molecule has 0 aromatic heterocycles. The van der Waals surface area contributed by atoms with Crippen LogP contribution in [0.5, 0.6) is 0 Å². The lowest BCUT2D eigenvalue weighted by Crippen LogP contribution is -2.63. The van der Waals surface area contributed by atoms with Gasteiger partial charge in [0.05, 0.1) is 60.9 Å². The van der Waals surface area contributed by atoms with Gasteiger partial charge in [0, 0.05) is 37.0 Å². The fraction of sp³-hybridized carbons (Fsp3) is 0.886. The van der Waals surface area contributed by atoms with E-state index < -0.39 is 58.9 Å². The van der Waals surface area contributed by atoms with Gasteiger partial charge >= 0.3 is 11.9 Å². The maximum absolute atomic E-state index is 14.5. The van der Waals surface area contributed by atoms with E-state index in [-0.39, 0.29) is 59.8 Å². The smallest absolute Gasteiger partial charge is 0.311 e. The SMILES string of the molecule is CC[C@@H](C(=O)[C@@H](C)[C@@H](O)[C@H](C)[C@H]1CCC[C@H]([C@@H](CC)C(=O)OC)O1)[C@H]1O[C@@]2(C=C[C@H](OC(C)=O)[C@]3(CC[C@@](C)([C@H]4CC[C@](O)(CC)[C@H](C)O4)O3)O2)[C@H](C)C[C@@H]1C. The fourth-order valence-electron chi connectivity index (χ4n) is 10.6. The van der Waals surface area contributed by atoms with Gasteiger partial charge in [0.25, 0.3) is 0 Å². The van der Waals surface area contributed by atoms with Crippen LogP contribution in [0.2, 0.25) is 0 Å². The average molecular weight is 793 g/mol. The maximum atomic E-state index is 14.5. The van der Waals surface area contributed by atoms with Crippen LogP contribution in [-0.4, -0.2) is 101 Å². The Morgan fingerprint density at radius 3 is 2.21 bits per heavy atom. The fourth-order valence-corrected chi connectivity index (χ4v) is 10.6. The van der Waals surface area contributed by atoms with Crippen molar-refractivity contribution >= 4 is 17.7 Å². The minimum absolute atomic E-state index is 0.00127. The van der Waals surface area contributed by atoms with Gasteiger partial charge in [-0.2, -0.15) is 0 Å². The summed E-state index contributed by atoms with van der Waals surface area (Å²) in [7, 11) is 1.39. The molecule has 12 heteroatoms. The molecule has 0 radical (unpaired) electrons. The Morgan fingerprint density at radius 2 is 1.61 bits per heavy atom. The molecule has 12 nitrogen and oxygen atoms in total. The maximum Gasteiger partial charge on any atom is 0.311 e. The number of aliphatic hydroxyl groups is 2. The van der Waals surface area contributed by atoms with Gasteiger partial charge in [-0.05, 0) is 96.1 Å². The Morgan fingerprint density at radius 1 is 0.929 bits per heavy atom. The van der Waals surface area contributed by atoms with Crippen LogP contribution in [0.1, 0.15) is 140 Å². The van der Waals surface area contributed by atoms with Gasteiger partial charge in [0.15, 0.2) is 11.9 Å². The average Bonchev–Trinajstić information content (AvgIpc) is 3.52. The number of carbonyl (C=O) groups is 3. The molecule has 56 heavy (non-hydrogen) atoms. The van der Waals surface area contributed by atoms with Gasteiger partial charge in [-0.15, -0.1) is 0 Å². The molecule has 320 valence electrons. The number of Topliss-reactive ketones (excluding diaryl/α,β-unsaturated/α-hetero) is 1. The summed E-state index contributed by atoms with van der Waals surface area (Å²) in [5.74, 6) is -5.54. The molecule has 0 aromatic rings. The van der Waals surface area contributed by atoms with E-state index >= 15 is 0 Å². The Hall–Kier alpha value is -1.93. The second kappa shape index (κ2) is 17.7. The molecule has 0 amide bonds. The summed E-state index contributed by atoms with van der Waals surface area (Å²) in [4.78, 5) is 39.4. The zero-order valence-corrected chi connectivity index (χ0v) is 35.9. The van der Waals surface area contributed by atoms with E-state index in [4.69, 9.17) is 33.2 Å². The summed E-state index contributed by atoms with van der Waals surface area (Å²) in [5.41, 5.74) is -1.69. The molecule has 5 aliphatic rings. The Balaban J connectivity index is 1.34. The molecule has 17 atom stereocenters. The van der Waals surface area contributed by atoms with Crippen LogP contribution < -0.4 is 0 Å². The van der Waals surface area contributed by atoms with Crippen molar-refractivity contribution in [3.05, 3.63) is 12.2 Å². The number of carbonyl (C=O) groups excluding carboxylic acids is 3. The van der Waals surface area contributed by atoms with Gasteiger partial charge < -0.3 is 43.4 Å². The molecule has 0 saturated carbocycles. The van der Waals surface area contributed by atoms with Crippen molar-refractivity contribution < 1.29 is 57.8 Å². The van der Waals surface area contributed by atoms with E-state index in [1.165, 1.54) is 14.0 Å². The second-order valence-corrected chi connectivity index (χ2v) is 18.1. The molecule has 4 fully saturated rings. The number of aliphatic hydroxyl groups excluding tert-OH is 1. The van der Waals surface area contributed by atoms with Gasteiger partial charge in [0.1, 0.15) is 5.78 Å². The van der Waals surface area contributed by atoms with E-state index in [1.54, 1.807) is 6.92 Å². The molecule has 0 bridgehead atoms. The van der Waals surface area contributed by atoms with Crippen LogP contribution in [0.15, 0.2) is 12.2 Å². The van der Waals surface area contributed by atoms with Crippen molar-refractivity contribution in [1.82, 2.24) is 0 Å². The summed E-state index contributed by atoms with van der Waals surface area (Å²) < 4.78 is 44.9. The van der Waals surface area contributed by atoms with E-state index in [1.807, 2.05) is 53.7 Å². The number of hydrogen-bond acceptors (Lipinski definition) is 12. The van der Waals surface area contributed by atoms with E-state index in [9.17, 15) is 24.6 Å². The summed E-state index contributed by atoms with van der Waals surface area (Å²) in [6, 6.07) is 0. The molecule has 5 heterocycles. The zero-order chi connectivity index (χ0) is 41.4. The van der Waals surface area contributed by atoms with Crippen molar-refractivity contribution in [3.63, 3.8) is 0 Å². The number of ketones is 1. The lowest BCUT2D eigenvalue weighted by Gasteiger charge is -2.54. The van der Waals surface area contributed by atoms with Crippen molar-refractivity contribution in [1.29, 1.82) is 0 Å². The van der Waals surface area contributed by atoms with Crippen LogP contribution in [0.3, 0.4) is 0 Å². The first-order valence-corrected chi connectivity index (χ1v) is 21.6. The van der Waals surface area contributed by atoms with Crippen molar-refractivity contribution in [2.75, 3.05) is 7.11 Å². The third-order valence-corrected chi connectivity index (χ3v) is 14.5. The van der Waals surface area contributed by atoms with Gasteiger partial charge in [-0.25, -0.2) is 0 Å².